The number of urea groups is 1. The van der Waals surface area contributed by atoms with Crippen molar-refractivity contribution < 1.29 is 14.3 Å². The minimum atomic E-state index is -0.181. The van der Waals surface area contributed by atoms with Gasteiger partial charge in [0.25, 0.3) is 0 Å². The summed E-state index contributed by atoms with van der Waals surface area (Å²) in [6.45, 7) is 2.95. The van der Waals surface area contributed by atoms with Crippen LogP contribution < -0.4 is 20.1 Å². The molecule has 1 aliphatic carbocycles. The zero-order valence-electron chi connectivity index (χ0n) is 19.2. The molecule has 0 unspecified atom stereocenters. The Balaban J connectivity index is 1.49. The van der Waals surface area contributed by atoms with Crippen LogP contribution in [0.1, 0.15) is 36.8 Å². The molecule has 1 heterocycles. The number of nitrogens with one attached hydrogen (secondary N) is 2. The molecular formula is C25H32ClN3O3. The molecule has 2 aromatic carbocycles. The predicted octanol–water partition coefficient (Wildman–Crippen LogP) is 4.98. The Morgan fingerprint density at radius 1 is 1.16 bits per heavy atom. The number of methoxy groups -OCH3 is 2. The number of anilines is 1. The maximum atomic E-state index is 12.7. The molecule has 0 radical (unpaired) electrons. The van der Waals surface area contributed by atoms with Crippen LogP contribution in [0.4, 0.5) is 10.5 Å². The minimum Gasteiger partial charge on any atom is -0.493 e. The van der Waals surface area contributed by atoms with E-state index < -0.39 is 0 Å². The second-order valence-corrected chi connectivity index (χ2v) is 9.36. The Bertz CT molecular complexity index is 998. The van der Waals surface area contributed by atoms with E-state index in [0.717, 1.165) is 55.0 Å². The third-order valence-electron chi connectivity index (χ3n) is 7.34. The summed E-state index contributed by atoms with van der Waals surface area (Å²) in [7, 11) is 5.53. The molecule has 2 fully saturated rings. The smallest absolute Gasteiger partial charge is 0.319 e. The number of nitrogens with zero attached hydrogens (tertiary/aromatic N) is 1. The van der Waals surface area contributed by atoms with Crippen LogP contribution >= 0.6 is 11.6 Å². The molecule has 2 N–H and O–H groups in total. The highest BCUT2D eigenvalue weighted by Crippen LogP contribution is 2.49. The van der Waals surface area contributed by atoms with Crippen LogP contribution in [0.3, 0.4) is 0 Å². The van der Waals surface area contributed by atoms with Gasteiger partial charge in [0.2, 0.25) is 0 Å². The van der Waals surface area contributed by atoms with Crippen LogP contribution in [0.5, 0.6) is 11.5 Å². The summed E-state index contributed by atoms with van der Waals surface area (Å²) >= 11 is 6.19. The van der Waals surface area contributed by atoms with Gasteiger partial charge in [-0.05, 0) is 81.6 Å². The molecule has 0 bridgehead atoms. The molecular weight excluding hydrogens is 426 g/mol. The fourth-order valence-electron chi connectivity index (χ4n) is 5.48. The average molecular weight is 458 g/mol. The zero-order chi connectivity index (χ0) is 22.9. The molecule has 1 saturated carbocycles. The summed E-state index contributed by atoms with van der Waals surface area (Å²) in [5.41, 5.74) is 2.97. The van der Waals surface area contributed by atoms with Crippen molar-refractivity contribution in [1.82, 2.24) is 10.2 Å². The molecule has 2 aromatic rings. The first-order valence-electron chi connectivity index (χ1n) is 11.1. The van der Waals surface area contributed by atoms with Gasteiger partial charge in [-0.2, -0.15) is 0 Å². The fourth-order valence-corrected chi connectivity index (χ4v) is 5.66. The molecule has 32 heavy (non-hydrogen) atoms. The predicted molar refractivity (Wildman–Crippen MR) is 128 cm³/mol. The lowest BCUT2D eigenvalue weighted by Gasteiger charge is -2.45. The van der Waals surface area contributed by atoms with Crippen molar-refractivity contribution in [2.24, 2.45) is 0 Å². The van der Waals surface area contributed by atoms with Gasteiger partial charge in [0, 0.05) is 28.2 Å². The Morgan fingerprint density at radius 2 is 1.94 bits per heavy atom. The monoisotopic (exact) mass is 457 g/mol. The van der Waals surface area contributed by atoms with Gasteiger partial charge < -0.3 is 25.0 Å². The first-order valence-corrected chi connectivity index (χ1v) is 11.5. The highest BCUT2D eigenvalue weighted by molar-refractivity contribution is 6.31. The van der Waals surface area contributed by atoms with Gasteiger partial charge >= 0.3 is 6.03 Å². The first kappa shape index (κ1) is 22.7. The van der Waals surface area contributed by atoms with Crippen molar-refractivity contribution in [2.75, 3.05) is 33.1 Å². The number of carbonyl (C=O) groups excluding carboxylic acids is 1. The van der Waals surface area contributed by atoms with Gasteiger partial charge in [0.15, 0.2) is 11.5 Å². The fraction of sp³-hybridized carbons (Fsp3) is 0.480. The Labute approximate surface area is 195 Å². The van der Waals surface area contributed by atoms with E-state index in [1.807, 2.05) is 31.2 Å². The van der Waals surface area contributed by atoms with Crippen LogP contribution in [0.2, 0.25) is 5.02 Å². The van der Waals surface area contributed by atoms with Crippen LogP contribution in [0.25, 0.3) is 0 Å². The number of rotatable bonds is 5. The minimum absolute atomic E-state index is 0.0620. The number of halogens is 1. The molecule has 2 aliphatic rings. The summed E-state index contributed by atoms with van der Waals surface area (Å²) in [6.07, 6.45) is 3.95. The van der Waals surface area contributed by atoms with Crippen molar-refractivity contribution in [2.45, 2.75) is 50.1 Å². The summed E-state index contributed by atoms with van der Waals surface area (Å²) in [5.74, 6) is 1.52. The van der Waals surface area contributed by atoms with E-state index in [2.05, 4.69) is 34.7 Å². The van der Waals surface area contributed by atoms with Gasteiger partial charge in [0.1, 0.15) is 0 Å². The molecule has 0 aromatic heterocycles. The van der Waals surface area contributed by atoms with Crippen molar-refractivity contribution in [1.29, 1.82) is 0 Å². The van der Waals surface area contributed by atoms with Crippen LogP contribution in [0.15, 0.2) is 36.4 Å². The highest BCUT2D eigenvalue weighted by Gasteiger charge is 2.50. The van der Waals surface area contributed by atoms with E-state index in [9.17, 15) is 4.79 Å². The topological polar surface area (TPSA) is 62.8 Å². The summed E-state index contributed by atoms with van der Waals surface area (Å²) in [5, 5.41) is 6.80. The van der Waals surface area contributed by atoms with Gasteiger partial charge in [-0.3, -0.25) is 0 Å². The number of hydrogen-bond acceptors (Lipinski definition) is 4. The lowest BCUT2D eigenvalue weighted by atomic mass is 9.65. The van der Waals surface area contributed by atoms with Crippen LogP contribution in [-0.2, 0) is 5.41 Å². The van der Waals surface area contributed by atoms with E-state index in [0.29, 0.717) is 11.1 Å². The van der Waals surface area contributed by atoms with Gasteiger partial charge in [-0.1, -0.05) is 23.7 Å². The Hall–Kier alpha value is -2.44. The molecule has 172 valence electrons. The van der Waals surface area contributed by atoms with E-state index >= 15 is 0 Å². The number of carbonyl (C=O) groups is 1. The third kappa shape index (κ3) is 4.14. The number of ether oxygens (including phenoxy) is 2. The Morgan fingerprint density at radius 3 is 2.69 bits per heavy atom. The molecule has 3 atom stereocenters. The van der Waals surface area contributed by atoms with Crippen LogP contribution in [-0.4, -0.2) is 50.8 Å². The van der Waals surface area contributed by atoms with Crippen molar-refractivity contribution >= 4 is 23.3 Å². The summed E-state index contributed by atoms with van der Waals surface area (Å²) in [4.78, 5) is 15.1. The normalized spacial score (nSPS) is 25.2. The number of likely N-dealkylation sites (N-methyl/N-ethyl adjacent to an activating group) is 1. The van der Waals surface area contributed by atoms with E-state index in [1.165, 1.54) is 5.56 Å². The number of likely N-dealkylation sites (tertiary alicyclic amines) is 1. The van der Waals surface area contributed by atoms with Gasteiger partial charge in [0.05, 0.1) is 14.2 Å². The number of hydrogen-bond donors (Lipinski definition) is 2. The SMILES string of the molecule is COc1ccc([C@@]23CC[C@H](NC(=O)Nc4cccc(Cl)c4C)C[C@H]2N(C)CC3)cc1OC. The molecule has 4 rings (SSSR count). The van der Waals surface area contributed by atoms with Crippen molar-refractivity contribution in [3.63, 3.8) is 0 Å². The largest absolute Gasteiger partial charge is 0.493 e. The summed E-state index contributed by atoms with van der Waals surface area (Å²) in [6, 6.07) is 12.1. The summed E-state index contributed by atoms with van der Waals surface area (Å²) < 4.78 is 11.0. The molecule has 1 saturated heterocycles. The first-order chi connectivity index (χ1) is 15.4. The number of fused-ring (bicyclic) bond motifs is 1. The average Bonchev–Trinajstić information content (AvgIpc) is 3.13. The Kier molecular flexibility index (Phi) is 6.54. The number of benzene rings is 2. The molecule has 6 nitrogen and oxygen atoms in total. The van der Waals surface area contributed by atoms with Crippen molar-refractivity contribution in [3.05, 3.63) is 52.5 Å². The third-order valence-corrected chi connectivity index (χ3v) is 7.75. The molecule has 2 amide bonds. The molecule has 0 spiro atoms. The van der Waals surface area contributed by atoms with E-state index in [1.54, 1.807) is 14.2 Å². The maximum Gasteiger partial charge on any atom is 0.319 e. The van der Waals surface area contributed by atoms with Gasteiger partial charge in [-0.25, -0.2) is 4.79 Å². The lowest BCUT2D eigenvalue weighted by molar-refractivity contribution is 0.156. The van der Waals surface area contributed by atoms with E-state index in [4.69, 9.17) is 21.1 Å². The quantitative estimate of drug-likeness (QED) is 0.664. The molecule has 7 heteroatoms. The lowest BCUT2D eigenvalue weighted by Crippen LogP contribution is -2.52. The van der Waals surface area contributed by atoms with E-state index in [-0.39, 0.29) is 17.5 Å². The van der Waals surface area contributed by atoms with Crippen molar-refractivity contribution in [3.8, 4) is 11.5 Å². The number of amides is 2. The standard InChI is InChI=1S/C25H32ClN3O3/c1-16-19(26)6-5-7-20(16)28-24(30)27-18-10-11-25(12-13-29(2)23(25)15-18)17-8-9-21(31-3)22(14-17)32-4/h5-9,14,18,23H,10-13,15H2,1-4H3,(H2,27,28,30)/t18-,23+,25-/m0/s1. The zero-order valence-corrected chi connectivity index (χ0v) is 20.0. The maximum absolute atomic E-state index is 12.7. The highest BCUT2D eigenvalue weighted by atomic mass is 35.5. The second kappa shape index (κ2) is 9.20. The van der Waals surface area contributed by atoms with Gasteiger partial charge in [-0.15, -0.1) is 0 Å². The molecule has 1 aliphatic heterocycles. The second-order valence-electron chi connectivity index (χ2n) is 8.95. The van der Waals surface area contributed by atoms with Crippen LogP contribution in [0, 0.1) is 6.92 Å².